The first kappa shape index (κ1) is 18.5. The summed E-state index contributed by atoms with van der Waals surface area (Å²) in [7, 11) is 0. The van der Waals surface area contributed by atoms with Crippen molar-refractivity contribution in [3.8, 4) is 0 Å². The van der Waals surface area contributed by atoms with Crippen LogP contribution in [0.2, 0.25) is 0 Å². The second kappa shape index (κ2) is 8.33. The van der Waals surface area contributed by atoms with Crippen LogP contribution in [-0.4, -0.2) is 24.9 Å². The van der Waals surface area contributed by atoms with Crippen LogP contribution >= 0.6 is 0 Å². The lowest BCUT2D eigenvalue weighted by Crippen LogP contribution is -2.29. The number of benzene rings is 2. The molecule has 0 aliphatic heterocycles. The molecule has 2 aromatic carbocycles. The van der Waals surface area contributed by atoms with Gasteiger partial charge < -0.3 is 15.5 Å². The molecule has 0 spiro atoms. The molecule has 25 heavy (non-hydrogen) atoms. The van der Waals surface area contributed by atoms with Crippen molar-refractivity contribution in [2.45, 2.75) is 27.7 Å². The minimum Gasteiger partial charge on any atom is -0.372 e. The normalized spacial score (nSPS) is 10.2. The highest BCUT2D eigenvalue weighted by molar-refractivity contribution is 6.43. The largest absolute Gasteiger partial charge is 0.372 e. The lowest BCUT2D eigenvalue weighted by atomic mass is 10.1. The molecule has 5 nitrogen and oxygen atoms in total. The van der Waals surface area contributed by atoms with Crippen molar-refractivity contribution < 1.29 is 9.59 Å². The fourth-order valence-electron chi connectivity index (χ4n) is 2.66. The lowest BCUT2D eigenvalue weighted by Gasteiger charge is -2.22. The van der Waals surface area contributed by atoms with Gasteiger partial charge in [0.25, 0.3) is 0 Å². The maximum absolute atomic E-state index is 12.2. The topological polar surface area (TPSA) is 61.4 Å². The molecule has 0 atom stereocenters. The van der Waals surface area contributed by atoms with Gasteiger partial charge >= 0.3 is 11.8 Å². The lowest BCUT2D eigenvalue weighted by molar-refractivity contribution is -0.133. The summed E-state index contributed by atoms with van der Waals surface area (Å²) >= 11 is 0. The minimum absolute atomic E-state index is 0.605. The molecule has 0 aromatic heterocycles. The molecule has 2 N–H and O–H groups in total. The van der Waals surface area contributed by atoms with Crippen molar-refractivity contribution in [1.82, 2.24) is 0 Å². The van der Waals surface area contributed by atoms with Crippen molar-refractivity contribution in [2.75, 3.05) is 28.6 Å². The summed E-state index contributed by atoms with van der Waals surface area (Å²) in [5.74, 6) is -1.36. The van der Waals surface area contributed by atoms with Crippen molar-refractivity contribution in [2.24, 2.45) is 0 Å². The van der Waals surface area contributed by atoms with E-state index in [-0.39, 0.29) is 0 Å². The molecule has 2 aromatic rings. The Morgan fingerprint density at radius 2 is 1.60 bits per heavy atom. The minimum atomic E-state index is -0.683. The van der Waals surface area contributed by atoms with Gasteiger partial charge in [-0.1, -0.05) is 12.1 Å². The Morgan fingerprint density at radius 1 is 0.920 bits per heavy atom. The average molecular weight is 339 g/mol. The third-order valence-electron chi connectivity index (χ3n) is 4.07. The fourth-order valence-corrected chi connectivity index (χ4v) is 2.66. The molecular weight excluding hydrogens is 314 g/mol. The van der Waals surface area contributed by atoms with E-state index in [4.69, 9.17) is 0 Å². The maximum atomic E-state index is 12.2. The smallest absolute Gasteiger partial charge is 0.314 e. The first-order valence-corrected chi connectivity index (χ1v) is 8.49. The van der Waals surface area contributed by atoms with E-state index in [1.54, 1.807) is 6.07 Å². The van der Waals surface area contributed by atoms with E-state index >= 15 is 0 Å². The van der Waals surface area contributed by atoms with Gasteiger partial charge in [-0.25, -0.2) is 0 Å². The average Bonchev–Trinajstić information content (AvgIpc) is 2.58. The summed E-state index contributed by atoms with van der Waals surface area (Å²) in [4.78, 5) is 26.5. The van der Waals surface area contributed by atoms with E-state index in [1.807, 2.05) is 50.2 Å². The Balaban J connectivity index is 2.05. The number of nitrogens with one attached hydrogen (secondary N) is 2. The summed E-state index contributed by atoms with van der Waals surface area (Å²) in [6.07, 6.45) is 0. The van der Waals surface area contributed by atoms with Gasteiger partial charge in [0.2, 0.25) is 0 Å². The van der Waals surface area contributed by atoms with Crippen molar-refractivity contribution in [1.29, 1.82) is 0 Å². The number of aryl methyl sites for hydroxylation is 2. The fraction of sp³-hybridized carbons (Fsp3) is 0.300. The SMILES string of the molecule is CCN(CC)c1ccc(NC(=O)C(=O)Nc2cccc(C)c2)c(C)c1. The summed E-state index contributed by atoms with van der Waals surface area (Å²) in [6, 6.07) is 13.1. The van der Waals surface area contributed by atoms with Gasteiger partial charge in [0.1, 0.15) is 0 Å². The molecule has 2 amide bonds. The van der Waals surface area contributed by atoms with Gasteiger partial charge in [-0.15, -0.1) is 0 Å². The molecule has 0 radical (unpaired) electrons. The van der Waals surface area contributed by atoms with Crippen LogP contribution < -0.4 is 15.5 Å². The van der Waals surface area contributed by atoms with Gasteiger partial charge in [-0.3, -0.25) is 9.59 Å². The first-order chi connectivity index (χ1) is 11.9. The predicted octanol–water partition coefficient (Wildman–Crippen LogP) is 3.73. The van der Waals surface area contributed by atoms with Crippen LogP contribution in [-0.2, 0) is 9.59 Å². The molecule has 2 rings (SSSR count). The molecule has 0 unspecified atom stereocenters. The number of hydrogen-bond donors (Lipinski definition) is 2. The third-order valence-corrected chi connectivity index (χ3v) is 4.07. The highest BCUT2D eigenvalue weighted by Crippen LogP contribution is 2.22. The number of carbonyl (C=O) groups is 2. The Kier molecular flexibility index (Phi) is 6.17. The van der Waals surface area contributed by atoms with Gasteiger partial charge in [-0.05, 0) is 69.2 Å². The van der Waals surface area contributed by atoms with Gasteiger partial charge in [0, 0.05) is 30.2 Å². The number of rotatable bonds is 5. The Hall–Kier alpha value is -2.82. The van der Waals surface area contributed by atoms with E-state index in [9.17, 15) is 9.59 Å². The van der Waals surface area contributed by atoms with Crippen molar-refractivity contribution >= 4 is 28.9 Å². The number of carbonyl (C=O) groups excluding carboxylic acids is 2. The van der Waals surface area contributed by atoms with E-state index in [0.29, 0.717) is 11.4 Å². The standard InChI is InChI=1S/C20H25N3O2/c1-5-23(6-2)17-10-11-18(15(4)13-17)22-20(25)19(24)21-16-9-7-8-14(3)12-16/h7-13H,5-6H2,1-4H3,(H,21,24)(H,22,25). The second-order valence-corrected chi connectivity index (χ2v) is 5.95. The molecule has 0 aliphatic carbocycles. The summed E-state index contributed by atoms with van der Waals surface area (Å²) in [6.45, 7) is 9.88. The van der Waals surface area contributed by atoms with Crippen molar-refractivity contribution in [3.05, 3.63) is 53.6 Å². The highest BCUT2D eigenvalue weighted by Gasteiger charge is 2.15. The van der Waals surface area contributed by atoms with Crippen LogP contribution in [0.1, 0.15) is 25.0 Å². The van der Waals surface area contributed by atoms with Gasteiger partial charge in [0.15, 0.2) is 0 Å². The van der Waals surface area contributed by atoms with Crippen LogP contribution in [0.25, 0.3) is 0 Å². The van der Waals surface area contributed by atoms with Crippen LogP contribution in [0, 0.1) is 13.8 Å². The highest BCUT2D eigenvalue weighted by atomic mass is 16.2. The van der Waals surface area contributed by atoms with Crippen LogP contribution in [0.15, 0.2) is 42.5 Å². The third kappa shape index (κ3) is 4.83. The number of hydrogen-bond acceptors (Lipinski definition) is 3. The molecule has 5 heteroatoms. The van der Waals surface area contributed by atoms with Crippen LogP contribution in [0.4, 0.5) is 17.1 Å². The van der Waals surface area contributed by atoms with Gasteiger partial charge in [-0.2, -0.15) is 0 Å². The summed E-state index contributed by atoms with van der Waals surface area (Å²) in [5.41, 5.74) is 4.28. The zero-order valence-corrected chi connectivity index (χ0v) is 15.2. The summed E-state index contributed by atoms with van der Waals surface area (Å²) in [5, 5.41) is 5.29. The Bertz CT molecular complexity index is 767. The molecule has 0 aliphatic rings. The van der Waals surface area contributed by atoms with Crippen LogP contribution in [0.3, 0.4) is 0 Å². The van der Waals surface area contributed by atoms with Gasteiger partial charge in [0.05, 0.1) is 0 Å². The molecule has 0 saturated carbocycles. The quantitative estimate of drug-likeness (QED) is 0.816. The summed E-state index contributed by atoms with van der Waals surface area (Å²) < 4.78 is 0. The Morgan fingerprint density at radius 3 is 2.20 bits per heavy atom. The number of nitrogens with zero attached hydrogens (tertiary/aromatic N) is 1. The van der Waals surface area contributed by atoms with E-state index in [1.165, 1.54) is 0 Å². The number of anilines is 3. The molecule has 0 saturated heterocycles. The maximum Gasteiger partial charge on any atom is 0.314 e. The Labute approximate surface area is 149 Å². The molecule has 0 fully saturated rings. The first-order valence-electron chi connectivity index (χ1n) is 8.49. The van der Waals surface area contributed by atoms with E-state index < -0.39 is 11.8 Å². The molecule has 0 bridgehead atoms. The zero-order valence-electron chi connectivity index (χ0n) is 15.2. The monoisotopic (exact) mass is 339 g/mol. The predicted molar refractivity (Wildman–Crippen MR) is 103 cm³/mol. The second-order valence-electron chi connectivity index (χ2n) is 5.95. The number of amides is 2. The molecule has 0 heterocycles. The van der Waals surface area contributed by atoms with Crippen molar-refractivity contribution in [3.63, 3.8) is 0 Å². The van der Waals surface area contributed by atoms with Crippen LogP contribution in [0.5, 0.6) is 0 Å². The molecular formula is C20H25N3O2. The van der Waals surface area contributed by atoms with E-state index in [0.717, 1.165) is 29.9 Å². The zero-order chi connectivity index (χ0) is 18.4. The molecule has 132 valence electrons. The van der Waals surface area contributed by atoms with E-state index in [2.05, 4.69) is 29.4 Å².